The summed E-state index contributed by atoms with van der Waals surface area (Å²) in [6.07, 6.45) is 12.9. The number of carbonyl (C=O) groups excluding carboxylic acids is 1. The Balaban J connectivity index is 1.33. The Morgan fingerprint density at radius 1 is 0.931 bits per heavy atom. The third kappa shape index (κ3) is 5.18. The topological polar surface area (TPSA) is 64.6 Å². The van der Waals surface area contributed by atoms with Crippen LogP contribution >= 0.6 is 0 Å². The van der Waals surface area contributed by atoms with E-state index in [4.69, 9.17) is 0 Å². The van der Waals surface area contributed by atoms with Crippen LogP contribution in [-0.2, 0) is 4.79 Å². The van der Waals surface area contributed by atoms with Crippen LogP contribution in [0.4, 0.5) is 11.5 Å². The van der Waals surface area contributed by atoms with E-state index in [0.29, 0.717) is 6.04 Å². The first-order valence-corrected chi connectivity index (χ1v) is 11.5. The molecule has 1 aromatic heterocycles. The number of piperidine rings is 1. The molecular weight excluding hydrogens is 364 g/mol. The summed E-state index contributed by atoms with van der Waals surface area (Å²) in [6, 6.07) is 0.398. The predicted octanol–water partition coefficient (Wildman–Crippen LogP) is 2.28. The molecule has 2 aliphatic heterocycles. The van der Waals surface area contributed by atoms with E-state index < -0.39 is 0 Å². The zero-order valence-electron chi connectivity index (χ0n) is 17.9. The van der Waals surface area contributed by atoms with Crippen LogP contribution in [0.15, 0.2) is 12.5 Å². The summed E-state index contributed by atoms with van der Waals surface area (Å²) < 4.78 is 0. The fourth-order valence-corrected chi connectivity index (χ4v) is 4.93. The van der Waals surface area contributed by atoms with Crippen LogP contribution in [0, 0.1) is 5.92 Å². The maximum absolute atomic E-state index is 12.8. The molecule has 3 aliphatic rings. The van der Waals surface area contributed by atoms with E-state index in [2.05, 4.69) is 37.0 Å². The Bertz CT molecular complexity index is 659. The molecule has 29 heavy (non-hydrogen) atoms. The summed E-state index contributed by atoms with van der Waals surface area (Å²) in [6.45, 7) is 5.93. The molecule has 1 amide bonds. The Morgan fingerprint density at radius 3 is 2.31 bits per heavy atom. The molecular formula is C22H36N6O. The highest BCUT2D eigenvalue weighted by Crippen LogP contribution is 2.30. The first-order valence-electron chi connectivity index (χ1n) is 11.5. The molecule has 1 aliphatic carbocycles. The lowest BCUT2D eigenvalue weighted by Crippen LogP contribution is -2.46. The largest absolute Gasteiger partial charge is 0.367 e. The van der Waals surface area contributed by atoms with Gasteiger partial charge in [-0.25, -0.2) is 9.97 Å². The third-order valence-electron chi connectivity index (χ3n) is 6.88. The van der Waals surface area contributed by atoms with Crippen LogP contribution in [0.2, 0.25) is 0 Å². The Morgan fingerprint density at radius 2 is 1.62 bits per heavy atom. The summed E-state index contributed by atoms with van der Waals surface area (Å²) in [7, 11) is 2.17. The minimum atomic E-state index is 0.145. The fraction of sp³-hybridized carbons (Fsp3) is 0.773. The number of anilines is 2. The van der Waals surface area contributed by atoms with Gasteiger partial charge in [-0.3, -0.25) is 4.79 Å². The molecule has 1 saturated carbocycles. The highest BCUT2D eigenvalue weighted by atomic mass is 16.1. The number of rotatable bonds is 4. The van der Waals surface area contributed by atoms with E-state index >= 15 is 0 Å². The van der Waals surface area contributed by atoms with Gasteiger partial charge in [0.15, 0.2) is 5.82 Å². The zero-order chi connectivity index (χ0) is 20.1. The fourth-order valence-electron chi connectivity index (χ4n) is 4.93. The Labute approximate surface area is 174 Å². The average molecular weight is 401 g/mol. The third-order valence-corrected chi connectivity index (χ3v) is 6.88. The molecule has 0 spiro atoms. The molecule has 160 valence electrons. The molecule has 0 atom stereocenters. The summed E-state index contributed by atoms with van der Waals surface area (Å²) in [5.41, 5.74) is 1.12. The van der Waals surface area contributed by atoms with E-state index in [0.717, 1.165) is 76.5 Å². The predicted molar refractivity (Wildman–Crippen MR) is 116 cm³/mol. The van der Waals surface area contributed by atoms with Gasteiger partial charge in [0, 0.05) is 51.2 Å². The number of aromatic nitrogens is 2. The van der Waals surface area contributed by atoms with Crippen molar-refractivity contribution >= 4 is 17.4 Å². The van der Waals surface area contributed by atoms with Crippen LogP contribution in [0.3, 0.4) is 0 Å². The molecule has 0 unspecified atom stereocenters. The summed E-state index contributed by atoms with van der Waals surface area (Å²) >= 11 is 0. The molecule has 3 fully saturated rings. The van der Waals surface area contributed by atoms with E-state index in [1.54, 1.807) is 6.33 Å². The monoisotopic (exact) mass is 400 g/mol. The number of nitrogens with zero attached hydrogens (tertiary/aromatic N) is 5. The molecule has 3 heterocycles. The van der Waals surface area contributed by atoms with Crippen LogP contribution in [0.1, 0.15) is 51.4 Å². The van der Waals surface area contributed by atoms with Gasteiger partial charge in [-0.05, 0) is 32.7 Å². The highest BCUT2D eigenvalue weighted by molar-refractivity contribution is 5.79. The molecule has 0 radical (unpaired) electrons. The number of likely N-dealkylation sites (N-methyl/N-ethyl adjacent to an activating group) is 1. The van der Waals surface area contributed by atoms with Crippen LogP contribution in [0.5, 0.6) is 0 Å². The quantitative estimate of drug-likeness (QED) is 0.783. The van der Waals surface area contributed by atoms with Crippen LogP contribution < -0.4 is 15.1 Å². The number of piperazine rings is 1. The second-order valence-electron chi connectivity index (χ2n) is 8.98. The molecule has 1 N–H and O–H groups in total. The van der Waals surface area contributed by atoms with Crippen LogP contribution in [0.25, 0.3) is 0 Å². The Kier molecular flexibility index (Phi) is 6.85. The molecule has 7 heteroatoms. The second kappa shape index (κ2) is 9.74. The minimum Gasteiger partial charge on any atom is -0.367 e. The molecule has 7 nitrogen and oxygen atoms in total. The molecule has 4 rings (SSSR count). The van der Waals surface area contributed by atoms with Crippen molar-refractivity contribution in [3.63, 3.8) is 0 Å². The zero-order valence-corrected chi connectivity index (χ0v) is 17.9. The average Bonchev–Trinajstić information content (AvgIpc) is 3.03. The van der Waals surface area contributed by atoms with E-state index in [-0.39, 0.29) is 11.8 Å². The first kappa shape index (κ1) is 20.4. The van der Waals surface area contributed by atoms with Gasteiger partial charge >= 0.3 is 0 Å². The molecule has 0 aromatic carbocycles. The maximum atomic E-state index is 12.8. The lowest BCUT2D eigenvalue weighted by Gasteiger charge is -2.38. The van der Waals surface area contributed by atoms with Gasteiger partial charge in [0.1, 0.15) is 6.33 Å². The van der Waals surface area contributed by atoms with Gasteiger partial charge in [-0.1, -0.05) is 25.7 Å². The summed E-state index contributed by atoms with van der Waals surface area (Å²) in [5, 5.41) is 3.36. The van der Waals surface area contributed by atoms with Crippen LogP contribution in [-0.4, -0.2) is 73.1 Å². The van der Waals surface area contributed by atoms with Crippen molar-refractivity contribution in [3.05, 3.63) is 12.5 Å². The van der Waals surface area contributed by atoms with Gasteiger partial charge in [0.25, 0.3) is 0 Å². The van der Waals surface area contributed by atoms with Crippen molar-refractivity contribution < 1.29 is 4.79 Å². The normalized spacial score (nSPS) is 23.1. The summed E-state index contributed by atoms with van der Waals surface area (Å²) in [5.74, 6) is 1.47. The number of amides is 1. The van der Waals surface area contributed by atoms with Crippen molar-refractivity contribution in [1.82, 2.24) is 20.2 Å². The molecule has 2 saturated heterocycles. The number of carbonyl (C=O) groups is 1. The SMILES string of the molecule is CN1CCN(c2ncncc2N2CCC(C(=O)NC3CCCCCC3)CC2)CC1. The van der Waals surface area contributed by atoms with Crippen molar-refractivity contribution in [2.75, 3.05) is 56.1 Å². The van der Waals surface area contributed by atoms with E-state index in [1.165, 1.54) is 25.7 Å². The van der Waals surface area contributed by atoms with Gasteiger partial charge in [0.05, 0.1) is 11.9 Å². The van der Waals surface area contributed by atoms with Gasteiger partial charge < -0.3 is 20.0 Å². The molecule has 1 aromatic rings. The smallest absolute Gasteiger partial charge is 0.223 e. The number of hydrogen-bond donors (Lipinski definition) is 1. The standard InChI is InChI=1S/C22H36N6O/c1-26-12-14-28(15-13-26)21-20(16-23-17-24-21)27-10-8-18(9-11-27)22(29)25-19-6-4-2-3-5-7-19/h16-19H,2-15H2,1H3,(H,25,29). The minimum absolute atomic E-state index is 0.145. The number of nitrogens with one attached hydrogen (secondary N) is 1. The van der Waals surface area contributed by atoms with Gasteiger partial charge in [0.2, 0.25) is 5.91 Å². The molecule has 0 bridgehead atoms. The van der Waals surface area contributed by atoms with E-state index in [1.807, 2.05) is 6.20 Å². The van der Waals surface area contributed by atoms with E-state index in [9.17, 15) is 4.79 Å². The van der Waals surface area contributed by atoms with Crippen molar-refractivity contribution in [1.29, 1.82) is 0 Å². The van der Waals surface area contributed by atoms with Crippen molar-refractivity contribution in [2.45, 2.75) is 57.4 Å². The van der Waals surface area contributed by atoms with Crippen molar-refractivity contribution in [3.8, 4) is 0 Å². The number of hydrogen-bond acceptors (Lipinski definition) is 6. The maximum Gasteiger partial charge on any atom is 0.223 e. The van der Waals surface area contributed by atoms with Crippen molar-refractivity contribution in [2.24, 2.45) is 5.92 Å². The first-order chi connectivity index (χ1) is 14.2. The van der Waals surface area contributed by atoms with Gasteiger partial charge in [-0.15, -0.1) is 0 Å². The lowest BCUT2D eigenvalue weighted by atomic mass is 9.94. The summed E-state index contributed by atoms with van der Waals surface area (Å²) in [4.78, 5) is 28.8. The lowest BCUT2D eigenvalue weighted by molar-refractivity contribution is -0.126. The highest BCUT2D eigenvalue weighted by Gasteiger charge is 2.29. The Hall–Kier alpha value is -1.89. The van der Waals surface area contributed by atoms with Gasteiger partial charge in [-0.2, -0.15) is 0 Å². The second-order valence-corrected chi connectivity index (χ2v) is 8.98.